The summed E-state index contributed by atoms with van der Waals surface area (Å²) in [5.74, 6) is 0. The molecule has 0 amide bonds. The van der Waals surface area contributed by atoms with Gasteiger partial charge in [-0.05, 0) is 56.3 Å². The Morgan fingerprint density at radius 1 is 1.17 bits per heavy atom. The summed E-state index contributed by atoms with van der Waals surface area (Å²) in [5.41, 5.74) is 5.03. The average molecular weight is 328 g/mol. The molecule has 2 heteroatoms. The van der Waals surface area contributed by atoms with E-state index in [-0.39, 0.29) is 0 Å². The first-order valence-corrected chi connectivity index (χ1v) is 9.49. The summed E-state index contributed by atoms with van der Waals surface area (Å²) < 4.78 is 5.25. The number of hydrogen-bond donors (Lipinski definition) is 0. The predicted octanol–water partition coefficient (Wildman–Crippen LogP) is 4.81. The number of ether oxygens (including phenoxy) is 1. The second kappa shape index (κ2) is 7.01. The molecule has 132 valence electrons. The fourth-order valence-electron chi connectivity index (χ4n) is 4.92. The number of methoxy groups -OCH3 is 1. The van der Waals surface area contributed by atoms with E-state index in [1.54, 1.807) is 12.7 Å². The van der Waals surface area contributed by atoms with Crippen LogP contribution in [0.15, 0.2) is 24.3 Å². The van der Waals surface area contributed by atoms with E-state index < -0.39 is 0 Å². The molecule has 0 radical (unpaired) electrons. The molecular formula is C22H33NO. The molecule has 0 N–H and O–H groups in total. The molecule has 3 rings (SSSR count). The normalized spacial score (nSPS) is 28.7. The van der Waals surface area contributed by atoms with Gasteiger partial charge in [-0.15, -0.1) is 0 Å². The highest BCUT2D eigenvalue weighted by molar-refractivity contribution is 5.62. The maximum atomic E-state index is 5.25. The molecule has 2 aliphatic rings. The Labute approximate surface area is 147 Å². The highest BCUT2D eigenvalue weighted by Crippen LogP contribution is 2.58. The molecule has 0 heterocycles. The second-order valence-electron chi connectivity index (χ2n) is 8.18. The number of aryl methyl sites for hydroxylation is 1. The van der Waals surface area contributed by atoms with Gasteiger partial charge < -0.3 is 9.64 Å². The number of rotatable bonds is 6. The highest BCUT2D eigenvalue weighted by Gasteiger charge is 2.51. The summed E-state index contributed by atoms with van der Waals surface area (Å²) in [5, 5.41) is 0. The molecule has 0 aliphatic heterocycles. The van der Waals surface area contributed by atoms with Crippen molar-refractivity contribution in [1.82, 2.24) is 4.90 Å². The van der Waals surface area contributed by atoms with Crippen molar-refractivity contribution >= 4 is 6.08 Å². The lowest BCUT2D eigenvalue weighted by molar-refractivity contribution is 0.0917. The molecule has 1 aromatic carbocycles. The Balaban J connectivity index is 1.93. The molecule has 2 nitrogen and oxygen atoms in total. The highest BCUT2D eigenvalue weighted by atomic mass is 16.5. The Hall–Kier alpha value is -1.12. The number of nitrogens with zero attached hydrogens (tertiary/aromatic N) is 1. The van der Waals surface area contributed by atoms with Gasteiger partial charge in [0.05, 0.1) is 6.61 Å². The number of fused-ring (bicyclic) bond motifs is 3. The third-order valence-electron chi connectivity index (χ3n) is 6.60. The van der Waals surface area contributed by atoms with E-state index in [4.69, 9.17) is 4.74 Å². The summed E-state index contributed by atoms with van der Waals surface area (Å²) in [6.45, 7) is 7.70. The molecule has 1 fully saturated rings. The molecular weight excluding hydrogens is 294 g/mol. The van der Waals surface area contributed by atoms with Crippen LogP contribution in [0, 0.1) is 12.3 Å². The zero-order chi connectivity index (χ0) is 17.2. The second-order valence-corrected chi connectivity index (χ2v) is 8.18. The van der Waals surface area contributed by atoms with Crippen LogP contribution in [0.4, 0.5) is 0 Å². The van der Waals surface area contributed by atoms with E-state index in [2.05, 4.69) is 56.1 Å². The molecule has 2 atom stereocenters. The van der Waals surface area contributed by atoms with E-state index in [9.17, 15) is 0 Å². The van der Waals surface area contributed by atoms with Crippen LogP contribution in [0.3, 0.4) is 0 Å². The van der Waals surface area contributed by atoms with Gasteiger partial charge in [0.2, 0.25) is 0 Å². The lowest BCUT2D eigenvalue weighted by Gasteiger charge is -2.54. The van der Waals surface area contributed by atoms with Crippen LogP contribution in [0.25, 0.3) is 6.08 Å². The molecule has 24 heavy (non-hydrogen) atoms. The van der Waals surface area contributed by atoms with Crippen molar-refractivity contribution in [2.24, 2.45) is 5.41 Å². The minimum atomic E-state index is 0.294. The standard InChI is InChI=1S/C22H33NO/c1-18-7-8-19-9-12-21(2)10-5-6-11-22(21,20(19)17-18)13-14-23(3)15-16-24-4/h7-9,12,17H,5-6,10-11,13-16H2,1-4H3/t21-,22-/m1/s1. The molecule has 1 aromatic rings. The molecule has 0 unspecified atom stereocenters. The van der Waals surface area contributed by atoms with Crippen molar-refractivity contribution < 1.29 is 4.74 Å². The van der Waals surface area contributed by atoms with Gasteiger partial charge in [-0.2, -0.15) is 0 Å². The molecule has 2 aliphatic carbocycles. The Kier molecular flexibility index (Phi) is 5.17. The minimum Gasteiger partial charge on any atom is -0.383 e. The largest absolute Gasteiger partial charge is 0.383 e. The summed E-state index contributed by atoms with van der Waals surface area (Å²) >= 11 is 0. The summed E-state index contributed by atoms with van der Waals surface area (Å²) in [6.07, 6.45) is 11.5. The van der Waals surface area contributed by atoms with Gasteiger partial charge in [-0.25, -0.2) is 0 Å². The van der Waals surface area contributed by atoms with Crippen LogP contribution in [-0.4, -0.2) is 38.8 Å². The van der Waals surface area contributed by atoms with Crippen molar-refractivity contribution in [3.63, 3.8) is 0 Å². The molecule has 0 bridgehead atoms. The quantitative estimate of drug-likeness (QED) is 0.743. The average Bonchev–Trinajstić information content (AvgIpc) is 2.58. The van der Waals surface area contributed by atoms with Gasteiger partial charge in [0.15, 0.2) is 0 Å². The smallest absolute Gasteiger partial charge is 0.0589 e. The van der Waals surface area contributed by atoms with E-state index >= 15 is 0 Å². The molecule has 0 spiro atoms. The zero-order valence-corrected chi connectivity index (χ0v) is 15.9. The van der Waals surface area contributed by atoms with Crippen molar-refractivity contribution in [3.8, 4) is 0 Å². The lowest BCUT2D eigenvalue weighted by Crippen LogP contribution is -2.49. The van der Waals surface area contributed by atoms with E-state index in [1.807, 2.05) is 0 Å². The van der Waals surface area contributed by atoms with Gasteiger partial charge in [0.25, 0.3) is 0 Å². The fourth-order valence-corrected chi connectivity index (χ4v) is 4.92. The van der Waals surface area contributed by atoms with Crippen LogP contribution >= 0.6 is 0 Å². The van der Waals surface area contributed by atoms with Crippen molar-refractivity contribution in [2.45, 2.75) is 51.4 Å². The van der Waals surface area contributed by atoms with Gasteiger partial charge in [0.1, 0.15) is 0 Å². The zero-order valence-electron chi connectivity index (χ0n) is 15.9. The number of allylic oxidation sites excluding steroid dienone is 1. The maximum Gasteiger partial charge on any atom is 0.0589 e. The van der Waals surface area contributed by atoms with Crippen LogP contribution in [-0.2, 0) is 10.2 Å². The SMILES string of the molecule is COCCN(C)CC[C@@]12CCCC[C@]1(C)C=Cc1ccc(C)cc12. The van der Waals surface area contributed by atoms with Crippen LogP contribution in [0.5, 0.6) is 0 Å². The van der Waals surface area contributed by atoms with Crippen LogP contribution < -0.4 is 0 Å². The van der Waals surface area contributed by atoms with Gasteiger partial charge in [-0.1, -0.05) is 55.7 Å². The Bertz CT molecular complexity index is 608. The number of hydrogen-bond acceptors (Lipinski definition) is 2. The van der Waals surface area contributed by atoms with E-state index in [1.165, 1.54) is 43.2 Å². The third kappa shape index (κ3) is 3.07. The summed E-state index contributed by atoms with van der Waals surface area (Å²) in [7, 11) is 4.02. The van der Waals surface area contributed by atoms with Gasteiger partial charge >= 0.3 is 0 Å². The van der Waals surface area contributed by atoms with Gasteiger partial charge in [-0.3, -0.25) is 0 Å². The Morgan fingerprint density at radius 2 is 1.96 bits per heavy atom. The van der Waals surface area contributed by atoms with Crippen LogP contribution in [0.1, 0.15) is 55.7 Å². The third-order valence-corrected chi connectivity index (χ3v) is 6.60. The fraction of sp³-hybridized carbons (Fsp3) is 0.636. The summed E-state index contributed by atoms with van der Waals surface area (Å²) in [6, 6.07) is 7.05. The molecule has 0 aromatic heterocycles. The number of likely N-dealkylation sites (N-methyl/N-ethyl adjacent to an activating group) is 1. The molecule has 1 saturated carbocycles. The first-order chi connectivity index (χ1) is 11.5. The van der Waals surface area contributed by atoms with E-state index in [0.29, 0.717) is 10.8 Å². The van der Waals surface area contributed by atoms with E-state index in [0.717, 1.165) is 19.7 Å². The first kappa shape index (κ1) is 17.7. The Morgan fingerprint density at radius 3 is 2.75 bits per heavy atom. The summed E-state index contributed by atoms with van der Waals surface area (Å²) in [4.78, 5) is 2.43. The maximum absolute atomic E-state index is 5.25. The minimum absolute atomic E-state index is 0.294. The van der Waals surface area contributed by atoms with Crippen molar-refractivity contribution in [1.29, 1.82) is 0 Å². The molecule has 0 saturated heterocycles. The van der Waals surface area contributed by atoms with Crippen LogP contribution in [0.2, 0.25) is 0 Å². The van der Waals surface area contributed by atoms with Crippen molar-refractivity contribution in [3.05, 3.63) is 41.0 Å². The van der Waals surface area contributed by atoms with Crippen molar-refractivity contribution in [2.75, 3.05) is 33.9 Å². The monoisotopic (exact) mass is 327 g/mol. The topological polar surface area (TPSA) is 12.5 Å². The lowest BCUT2D eigenvalue weighted by atomic mass is 9.50. The number of benzene rings is 1. The predicted molar refractivity (Wildman–Crippen MR) is 102 cm³/mol. The van der Waals surface area contributed by atoms with Gasteiger partial charge in [0, 0.05) is 19.1 Å². The first-order valence-electron chi connectivity index (χ1n) is 9.49.